The molecular weight excluding hydrogens is 283 g/mol. The van der Waals surface area contributed by atoms with Gasteiger partial charge in [-0.15, -0.1) is 11.8 Å². The van der Waals surface area contributed by atoms with Crippen LogP contribution in [0.15, 0.2) is 24.3 Å². The Morgan fingerprint density at radius 2 is 2.20 bits per heavy atom. The summed E-state index contributed by atoms with van der Waals surface area (Å²) in [5, 5.41) is 8.52. The minimum Gasteiger partial charge on any atom is -0.478 e. The highest BCUT2D eigenvalue weighted by atomic mass is 32.2. The number of benzene rings is 1. The lowest BCUT2D eigenvalue weighted by Gasteiger charge is -2.04. The minimum absolute atomic E-state index is 0.210. The predicted molar refractivity (Wildman–Crippen MR) is 75.9 cm³/mol. The van der Waals surface area contributed by atoms with Gasteiger partial charge in [-0.05, 0) is 30.7 Å². The van der Waals surface area contributed by atoms with E-state index in [1.807, 2.05) is 0 Å². The average Bonchev–Trinajstić information content (AvgIpc) is 2.39. The minimum atomic E-state index is -1.13. The molecule has 1 aromatic rings. The largest absolute Gasteiger partial charge is 0.478 e. The van der Waals surface area contributed by atoms with Gasteiger partial charge in [0, 0.05) is 17.4 Å². The Kier molecular flexibility index (Phi) is 6.79. The predicted octanol–water partition coefficient (Wildman–Crippen LogP) is 2.72. The van der Waals surface area contributed by atoms with Crippen molar-refractivity contribution in [2.75, 3.05) is 12.4 Å². The molecule has 0 aliphatic heterocycles. The monoisotopic (exact) mass is 298 g/mol. The van der Waals surface area contributed by atoms with Gasteiger partial charge < -0.3 is 9.84 Å². The number of carbonyl (C=O) groups is 2. The molecule has 0 amide bonds. The molecule has 6 heteroatoms. The van der Waals surface area contributed by atoms with E-state index < -0.39 is 11.8 Å². The summed E-state index contributed by atoms with van der Waals surface area (Å²) in [5.74, 6) is -1.16. The first kappa shape index (κ1) is 16.2. The van der Waals surface area contributed by atoms with E-state index in [0.717, 1.165) is 11.6 Å². The number of hydrogen-bond donors (Lipinski definition) is 1. The Morgan fingerprint density at radius 1 is 1.45 bits per heavy atom. The van der Waals surface area contributed by atoms with Gasteiger partial charge in [0.2, 0.25) is 0 Å². The van der Waals surface area contributed by atoms with Gasteiger partial charge in [0.15, 0.2) is 0 Å². The van der Waals surface area contributed by atoms with Gasteiger partial charge in [-0.3, -0.25) is 4.79 Å². The zero-order chi connectivity index (χ0) is 15.0. The quantitative estimate of drug-likeness (QED) is 0.619. The van der Waals surface area contributed by atoms with Crippen LogP contribution in [0.3, 0.4) is 0 Å². The second-order valence-electron chi connectivity index (χ2n) is 3.83. The Bertz CT molecular complexity index is 514. The first-order chi connectivity index (χ1) is 9.52. The zero-order valence-electron chi connectivity index (χ0n) is 11.0. The smallest absolute Gasteiger partial charge is 0.328 e. The third-order valence-electron chi connectivity index (χ3n) is 2.26. The van der Waals surface area contributed by atoms with Gasteiger partial charge >= 0.3 is 11.9 Å². The van der Waals surface area contributed by atoms with Crippen LogP contribution < -0.4 is 0 Å². The van der Waals surface area contributed by atoms with Gasteiger partial charge in [0.05, 0.1) is 12.4 Å². The van der Waals surface area contributed by atoms with Crippen LogP contribution in [0.5, 0.6) is 0 Å². The van der Waals surface area contributed by atoms with Crippen LogP contribution in [0, 0.1) is 5.82 Å². The van der Waals surface area contributed by atoms with Crippen LogP contribution in [-0.2, 0) is 20.1 Å². The molecule has 0 saturated carbocycles. The number of rotatable bonds is 7. The maximum absolute atomic E-state index is 13.4. The van der Waals surface area contributed by atoms with E-state index in [1.165, 1.54) is 23.9 Å². The van der Waals surface area contributed by atoms with Gasteiger partial charge in [0.1, 0.15) is 5.82 Å². The number of hydrogen-bond acceptors (Lipinski definition) is 4. The van der Waals surface area contributed by atoms with E-state index in [0.29, 0.717) is 12.4 Å². The van der Waals surface area contributed by atoms with Gasteiger partial charge in [-0.1, -0.05) is 6.07 Å². The maximum atomic E-state index is 13.4. The molecule has 0 heterocycles. The number of carboxylic acid groups (broad SMARTS) is 1. The summed E-state index contributed by atoms with van der Waals surface area (Å²) >= 11 is 1.36. The second-order valence-corrected chi connectivity index (χ2v) is 4.81. The number of halogens is 1. The van der Waals surface area contributed by atoms with Crippen molar-refractivity contribution < 1.29 is 23.8 Å². The summed E-state index contributed by atoms with van der Waals surface area (Å²) in [6.45, 7) is 2.09. The highest BCUT2D eigenvalue weighted by molar-refractivity contribution is 7.99. The highest BCUT2D eigenvalue weighted by Gasteiger charge is 2.05. The van der Waals surface area contributed by atoms with Crippen LogP contribution in [0.2, 0.25) is 0 Å². The molecule has 0 bridgehead atoms. The second kappa shape index (κ2) is 8.37. The summed E-state index contributed by atoms with van der Waals surface area (Å²) in [4.78, 5) is 21.6. The summed E-state index contributed by atoms with van der Waals surface area (Å²) in [6.07, 6.45) is 2.09. The lowest BCUT2D eigenvalue weighted by Crippen LogP contribution is -2.06. The van der Waals surface area contributed by atoms with Crippen LogP contribution in [0.25, 0.3) is 6.08 Å². The fourth-order valence-electron chi connectivity index (χ4n) is 1.43. The van der Waals surface area contributed by atoms with Gasteiger partial charge in [-0.2, -0.15) is 0 Å². The van der Waals surface area contributed by atoms with Crippen molar-refractivity contribution in [1.29, 1.82) is 0 Å². The van der Waals surface area contributed by atoms with E-state index in [-0.39, 0.29) is 17.3 Å². The van der Waals surface area contributed by atoms with Crippen LogP contribution >= 0.6 is 11.8 Å². The van der Waals surface area contributed by atoms with Crippen molar-refractivity contribution in [2.45, 2.75) is 12.7 Å². The summed E-state index contributed by atoms with van der Waals surface area (Å²) < 4.78 is 18.2. The number of ether oxygens (including phenoxy) is 1. The molecule has 0 spiro atoms. The number of thioether (sulfide) groups is 1. The molecule has 0 radical (unpaired) electrons. The third-order valence-corrected chi connectivity index (χ3v) is 3.24. The van der Waals surface area contributed by atoms with Crippen LogP contribution in [0.4, 0.5) is 4.39 Å². The standard InChI is InChI=1S/C14H15FO4S/c1-2-19-14(18)9-20-8-10-3-5-12(15)11(7-10)4-6-13(16)17/h3-7H,2,8-9H2,1H3,(H,16,17). The van der Waals surface area contributed by atoms with Crippen molar-refractivity contribution >= 4 is 29.8 Å². The molecule has 0 unspecified atom stereocenters. The lowest BCUT2D eigenvalue weighted by atomic mass is 10.1. The SMILES string of the molecule is CCOC(=O)CSCc1ccc(F)c(C=CC(=O)O)c1. The van der Waals surface area contributed by atoms with E-state index in [9.17, 15) is 14.0 Å². The molecule has 0 fully saturated rings. The summed E-state index contributed by atoms with van der Waals surface area (Å²) in [6, 6.07) is 4.44. The van der Waals surface area contributed by atoms with Gasteiger partial charge in [-0.25, -0.2) is 9.18 Å². The Morgan fingerprint density at radius 3 is 2.85 bits per heavy atom. The normalized spacial score (nSPS) is 10.7. The Hall–Kier alpha value is -1.82. The highest BCUT2D eigenvalue weighted by Crippen LogP contribution is 2.17. The van der Waals surface area contributed by atoms with E-state index in [2.05, 4.69) is 0 Å². The van der Waals surface area contributed by atoms with Crippen molar-refractivity contribution in [2.24, 2.45) is 0 Å². The number of carbonyl (C=O) groups excluding carboxylic acids is 1. The van der Waals surface area contributed by atoms with E-state index in [1.54, 1.807) is 19.1 Å². The van der Waals surface area contributed by atoms with Gasteiger partial charge in [0.25, 0.3) is 0 Å². The topological polar surface area (TPSA) is 63.6 Å². The zero-order valence-corrected chi connectivity index (χ0v) is 11.8. The molecule has 1 N–H and O–H groups in total. The number of aliphatic carboxylic acids is 1. The molecule has 108 valence electrons. The molecule has 0 aliphatic carbocycles. The van der Waals surface area contributed by atoms with Crippen molar-refractivity contribution in [3.63, 3.8) is 0 Å². The maximum Gasteiger partial charge on any atom is 0.328 e. The molecule has 0 saturated heterocycles. The van der Waals surface area contributed by atoms with Crippen molar-refractivity contribution in [3.05, 3.63) is 41.2 Å². The van der Waals surface area contributed by atoms with E-state index >= 15 is 0 Å². The fourth-order valence-corrected chi connectivity index (χ4v) is 2.19. The molecule has 1 rings (SSSR count). The molecule has 20 heavy (non-hydrogen) atoms. The van der Waals surface area contributed by atoms with Crippen LogP contribution in [0.1, 0.15) is 18.1 Å². The molecule has 0 atom stereocenters. The molecule has 1 aromatic carbocycles. The molecule has 0 aliphatic rings. The number of carboxylic acids is 1. The first-order valence-corrected chi connectivity index (χ1v) is 7.11. The van der Waals surface area contributed by atoms with Crippen molar-refractivity contribution in [1.82, 2.24) is 0 Å². The molecule has 4 nitrogen and oxygen atoms in total. The Balaban J connectivity index is 2.61. The molecule has 0 aromatic heterocycles. The number of esters is 1. The van der Waals surface area contributed by atoms with Crippen molar-refractivity contribution in [3.8, 4) is 0 Å². The third kappa shape index (κ3) is 5.88. The lowest BCUT2D eigenvalue weighted by molar-refractivity contribution is -0.139. The summed E-state index contributed by atoms with van der Waals surface area (Å²) in [5.41, 5.74) is 1.02. The average molecular weight is 298 g/mol. The molecular formula is C14H15FO4S. The Labute approximate surface area is 120 Å². The van der Waals surface area contributed by atoms with Crippen LogP contribution in [-0.4, -0.2) is 29.4 Å². The first-order valence-electron chi connectivity index (χ1n) is 5.95. The van der Waals surface area contributed by atoms with E-state index in [4.69, 9.17) is 9.84 Å². The summed E-state index contributed by atoms with van der Waals surface area (Å²) in [7, 11) is 0. The fraction of sp³-hybridized carbons (Fsp3) is 0.286.